The molecule has 0 unspecified atom stereocenters. The molecular formula is C12H12N4O2. The van der Waals surface area contributed by atoms with Crippen molar-refractivity contribution in [3.8, 4) is 5.75 Å². The van der Waals surface area contributed by atoms with Gasteiger partial charge in [0.2, 0.25) is 5.56 Å². The van der Waals surface area contributed by atoms with E-state index < -0.39 is 0 Å². The van der Waals surface area contributed by atoms with Crippen LogP contribution in [0.15, 0.2) is 40.2 Å². The van der Waals surface area contributed by atoms with Crippen LogP contribution in [-0.4, -0.2) is 18.1 Å². The first-order valence-electron chi connectivity index (χ1n) is 5.56. The molecule has 6 nitrogen and oxygen atoms in total. The van der Waals surface area contributed by atoms with Crippen LogP contribution >= 0.6 is 0 Å². The van der Waals surface area contributed by atoms with Gasteiger partial charge in [-0.3, -0.25) is 4.79 Å². The summed E-state index contributed by atoms with van der Waals surface area (Å²) in [6.07, 6.45) is 0.674. The van der Waals surface area contributed by atoms with Crippen LogP contribution in [0.2, 0.25) is 0 Å². The fourth-order valence-corrected chi connectivity index (χ4v) is 1.59. The highest BCUT2D eigenvalue weighted by Gasteiger charge is 1.98. The molecule has 0 radical (unpaired) electrons. The summed E-state index contributed by atoms with van der Waals surface area (Å²) in [6, 6.07) is 8.69. The number of fused-ring (bicyclic) bond motifs is 1. The van der Waals surface area contributed by atoms with Crippen molar-refractivity contribution in [2.24, 2.45) is 5.11 Å². The molecule has 0 fully saturated rings. The predicted octanol–water partition coefficient (Wildman–Crippen LogP) is 2.61. The number of azide groups is 1. The monoisotopic (exact) mass is 244 g/mol. The number of hydrogen-bond acceptors (Lipinski definition) is 3. The minimum absolute atomic E-state index is 0.120. The van der Waals surface area contributed by atoms with Gasteiger partial charge in [0.25, 0.3) is 0 Å². The summed E-state index contributed by atoms with van der Waals surface area (Å²) in [5.41, 5.74) is 8.77. The first-order valence-corrected chi connectivity index (χ1v) is 5.56. The molecule has 0 aliphatic rings. The Hall–Kier alpha value is -2.46. The number of benzene rings is 1. The summed E-state index contributed by atoms with van der Waals surface area (Å²) in [7, 11) is 0. The van der Waals surface area contributed by atoms with E-state index in [1.807, 2.05) is 6.07 Å². The molecule has 0 spiro atoms. The van der Waals surface area contributed by atoms with Gasteiger partial charge in [0.15, 0.2) is 0 Å². The number of H-pyrrole nitrogens is 1. The van der Waals surface area contributed by atoms with E-state index in [9.17, 15) is 4.79 Å². The molecule has 92 valence electrons. The van der Waals surface area contributed by atoms with Crippen molar-refractivity contribution in [1.29, 1.82) is 0 Å². The van der Waals surface area contributed by atoms with Crippen molar-refractivity contribution in [3.05, 3.63) is 51.1 Å². The quantitative estimate of drug-likeness (QED) is 0.379. The number of rotatable bonds is 5. The Balaban J connectivity index is 2.03. The molecule has 2 aromatic rings. The molecule has 0 aliphatic carbocycles. The molecule has 18 heavy (non-hydrogen) atoms. The summed E-state index contributed by atoms with van der Waals surface area (Å²) in [6.45, 7) is 0.922. The molecule has 0 aliphatic heterocycles. The molecule has 0 saturated heterocycles. The second-order valence-corrected chi connectivity index (χ2v) is 3.73. The lowest BCUT2D eigenvalue weighted by atomic mass is 10.2. The van der Waals surface area contributed by atoms with Crippen LogP contribution in [0, 0.1) is 0 Å². The number of pyridine rings is 1. The zero-order valence-electron chi connectivity index (χ0n) is 9.67. The molecule has 1 N–H and O–H groups in total. The van der Waals surface area contributed by atoms with Crippen LogP contribution in [0.1, 0.15) is 6.42 Å². The molecule has 1 aromatic heterocycles. The van der Waals surface area contributed by atoms with Crippen molar-refractivity contribution >= 4 is 10.9 Å². The van der Waals surface area contributed by atoms with Crippen molar-refractivity contribution in [2.45, 2.75) is 6.42 Å². The maximum atomic E-state index is 11.1. The lowest BCUT2D eigenvalue weighted by Gasteiger charge is -2.06. The van der Waals surface area contributed by atoms with Crippen molar-refractivity contribution in [3.63, 3.8) is 0 Å². The lowest BCUT2D eigenvalue weighted by molar-refractivity contribution is 0.314. The van der Waals surface area contributed by atoms with Crippen molar-refractivity contribution in [1.82, 2.24) is 4.98 Å². The Morgan fingerprint density at radius 1 is 1.33 bits per heavy atom. The smallest absolute Gasteiger partial charge is 0.248 e. The number of nitrogens with zero attached hydrogens (tertiary/aromatic N) is 3. The van der Waals surface area contributed by atoms with Gasteiger partial charge in [-0.05, 0) is 36.2 Å². The van der Waals surface area contributed by atoms with Gasteiger partial charge in [-0.2, -0.15) is 0 Å². The largest absolute Gasteiger partial charge is 0.494 e. The highest BCUT2D eigenvalue weighted by atomic mass is 16.5. The number of aromatic amines is 1. The average Bonchev–Trinajstić information content (AvgIpc) is 2.38. The molecule has 1 aromatic carbocycles. The summed E-state index contributed by atoms with van der Waals surface area (Å²) in [5, 5.41) is 4.34. The standard InChI is InChI=1S/C12H12N4O2/c13-16-14-6-1-7-18-10-3-4-11-9(8-10)2-5-12(17)15-11/h2-5,8H,1,6-7H2,(H,15,17). The van der Waals surface area contributed by atoms with E-state index in [1.54, 1.807) is 18.2 Å². The zero-order chi connectivity index (χ0) is 12.8. The van der Waals surface area contributed by atoms with Gasteiger partial charge in [0.1, 0.15) is 5.75 Å². The highest BCUT2D eigenvalue weighted by Crippen LogP contribution is 2.18. The summed E-state index contributed by atoms with van der Waals surface area (Å²) < 4.78 is 5.52. The molecule has 0 bridgehead atoms. The van der Waals surface area contributed by atoms with E-state index in [0.717, 1.165) is 16.7 Å². The number of ether oxygens (including phenoxy) is 1. The van der Waals surface area contributed by atoms with Crippen LogP contribution in [-0.2, 0) is 0 Å². The van der Waals surface area contributed by atoms with E-state index in [-0.39, 0.29) is 5.56 Å². The van der Waals surface area contributed by atoms with Crippen LogP contribution in [0.4, 0.5) is 0 Å². The van der Waals surface area contributed by atoms with Crippen molar-refractivity contribution in [2.75, 3.05) is 13.2 Å². The molecule has 0 atom stereocenters. The van der Waals surface area contributed by atoms with Crippen LogP contribution in [0.3, 0.4) is 0 Å². The molecule has 0 saturated carbocycles. The minimum atomic E-state index is -0.120. The van der Waals surface area contributed by atoms with Gasteiger partial charge in [-0.1, -0.05) is 5.11 Å². The van der Waals surface area contributed by atoms with E-state index in [2.05, 4.69) is 15.0 Å². The van der Waals surface area contributed by atoms with E-state index in [0.29, 0.717) is 19.6 Å². The number of hydrogen-bond donors (Lipinski definition) is 1. The molecule has 6 heteroatoms. The zero-order valence-corrected chi connectivity index (χ0v) is 9.67. The van der Waals surface area contributed by atoms with Crippen molar-refractivity contribution < 1.29 is 4.74 Å². The lowest BCUT2D eigenvalue weighted by Crippen LogP contribution is -2.03. The number of nitrogens with one attached hydrogen (secondary N) is 1. The summed E-state index contributed by atoms with van der Waals surface area (Å²) in [4.78, 5) is 16.5. The van der Waals surface area contributed by atoms with Gasteiger partial charge >= 0.3 is 0 Å². The topological polar surface area (TPSA) is 90.8 Å². The normalized spacial score (nSPS) is 10.0. The third kappa shape index (κ3) is 3.02. The highest BCUT2D eigenvalue weighted by molar-refractivity contribution is 5.79. The van der Waals surface area contributed by atoms with Gasteiger partial charge in [-0.15, -0.1) is 0 Å². The Morgan fingerprint density at radius 3 is 3.06 bits per heavy atom. The van der Waals surface area contributed by atoms with Gasteiger partial charge < -0.3 is 9.72 Å². The van der Waals surface area contributed by atoms with E-state index in [1.165, 1.54) is 6.07 Å². The average molecular weight is 244 g/mol. The second kappa shape index (κ2) is 5.75. The van der Waals surface area contributed by atoms with E-state index in [4.69, 9.17) is 10.3 Å². The fraction of sp³-hybridized carbons (Fsp3) is 0.250. The number of aromatic nitrogens is 1. The molecule has 1 heterocycles. The Morgan fingerprint density at radius 2 is 2.22 bits per heavy atom. The summed E-state index contributed by atoms with van der Waals surface area (Å²) >= 11 is 0. The Labute approximate surface area is 103 Å². The maximum absolute atomic E-state index is 11.1. The van der Waals surface area contributed by atoms with E-state index >= 15 is 0 Å². The SMILES string of the molecule is [N-]=[N+]=NCCCOc1ccc2[nH]c(=O)ccc2c1. The minimum Gasteiger partial charge on any atom is -0.494 e. The molecule has 0 amide bonds. The Bertz CT molecular complexity index is 644. The maximum Gasteiger partial charge on any atom is 0.248 e. The van der Waals surface area contributed by atoms with Gasteiger partial charge in [0, 0.05) is 28.4 Å². The molecular weight excluding hydrogens is 232 g/mol. The van der Waals surface area contributed by atoms with Gasteiger partial charge in [-0.25, -0.2) is 0 Å². The van der Waals surface area contributed by atoms with Crippen LogP contribution < -0.4 is 10.3 Å². The Kier molecular flexibility index (Phi) is 3.83. The fourth-order valence-electron chi connectivity index (χ4n) is 1.59. The summed E-state index contributed by atoms with van der Waals surface area (Å²) in [5.74, 6) is 0.732. The van der Waals surface area contributed by atoms with Crippen LogP contribution in [0.5, 0.6) is 5.75 Å². The third-order valence-corrected chi connectivity index (χ3v) is 2.43. The second-order valence-electron chi connectivity index (χ2n) is 3.73. The van der Waals surface area contributed by atoms with Crippen LogP contribution in [0.25, 0.3) is 21.3 Å². The third-order valence-electron chi connectivity index (χ3n) is 2.43. The first-order chi connectivity index (χ1) is 8.79. The van der Waals surface area contributed by atoms with Gasteiger partial charge in [0.05, 0.1) is 6.61 Å². The first kappa shape index (κ1) is 12.0. The predicted molar refractivity (Wildman–Crippen MR) is 68.7 cm³/mol. The molecule has 2 rings (SSSR count).